The number of fused-ring (bicyclic) bond motifs is 1. The number of thiocarbonyl (C=S) groups is 1. The molecule has 2 aromatic carbocycles. The van der Waals surface area contributed by atoms with Crippen molar-refractivity contribution in [3.63, 3.8) is 0 Å². The molecule has 1 atom stereocenters. The summed E-state index contributed by atoms with van der Waals surface area (Å²) in [4.78, 5) is 10.7. The average Bonchev–Trinajstić information content (AvgIpc) is 3.11. The van der Waals surface area contributed by atoms with E-state index in [2.05, 4.69) is 71.5 Å². The number of aryl methyl sites for hydroxylation is 2. The van der Waals surface area contributed by atoms with Crippen LogP contribution in [0.25, 0.3) is 11.0 Å². The molecule has 140 valence electrons. The number of H-pyrrole nitrogens is 1. The average molecular weight is 379 g/mol. The number of aromatic nitrogens is 2. The van der Waals surface area contributed by atoms with Gasteiger partial charge in [0.15, 0.2) is 5.11 Å². The Morgan fingerprint density at radius 2 is 2.15 bits per heavy atom. The minimum atomic E-state index is 0.382. The lowest BCUT2D eigenvalue weighted by Gasteiger charge is -2.34. The zero-order valence-corrected chi connectivity index (χ0v) is 16.8. The first kappa shape index (κ1) is 18.0. The number of aromatic amines is 1. The summed E-state index contributed by atoms with van der Waals surface area (Å²) in [5.74, 6) is 1.46. The maximum Gasteiger partial charge on any atom is 0.173 e. The molecule has 0 radical (unpaired) electrons. The minimum Gasteiger partial charge on any atom is -0.348 e. The molecule has 1 aliphatic heterocycles. The highest BCUT2D eigenvalue weighted by atomic mass is 32.1. The number of benzene rings is 2. The third-order valence-electron chi connectivity index (χ3n) is 5.39. The molecule has 1 aliphatic rings. The maximum absolute atomic E-state index is 5.73. The number of rotatable bonds is 3. The first-order valence-corrected chi connectivity index (χ1v) is 10.1. The summed E-state index contributed by atoms with van der Waals surface area (Å²) in [5.41, 5.74) is 5.83. The smallest absolute Gasteiger partial charge is 0.173 e. The Balaban J connectivity index is 1.49. The molecule has 0 spiro atoms. The molecule has 1 aromatic heterocycles. The highest BCUT2D eigenvalue weighted by molar-refractivity contribution is 7.80. The van der Waals surface area contributed by atoms with Crippen LogP contribution in [0.1, 0.15) is 42.6 Å². The van der Waals surface area contributed by atoms with Gasteiger partial charge in [-0.3, -0.25) is 0 Å². The third kappa shape index (κ3) is 3.83. The van der Waals surface area contributed by atoms with Gasteiger partial charge in [-0.25, -0.2) is 4.98 Å². The summed E-state index contributed by atoms with van der Waals surface area (Å²) >= 11 is 5.73. The van der Waals surface area contributed by atoms with E-state index in [-0.39, 0.29) is 0 Å². The number of nitrogens with zero attached hydrogens (tertiary/aromatic N) is 2. The minimum absolute atomic E-state index is 0.382. The van der Waals surface area contributed by atoms with Crippen LogP contribution in [-0.4, -0.2) is 33.1 Å². The van der Waals surface area contributed by atoms with E-state index in [0.717, 1.165) is 60.0 Å². The summed E-state index contributed by atoms with van der Waals surface area (Å²) in [6.45, 7) is 6.18. The molecule has 2 heterocycles. The van der Waals surface area contributed by atoms with E-state index in [4.69, 9.17) is 17.2 Å². The standard InChI is InChI=1S/C22H26N4S/c1-3-16-7-4-5-9-18(16)25-22(27)26-12-6-8-17(14-26)21-23-19-11-10-15(2)13-20(19)24-21/h4-5,7,9-11,13,17H,3,6,8,12,14H2,1-2H3,(H,23,24)(H,25,27)/t17-/m0/s1. The molecule has 3 aromatic rings. The van der Waals surface area contributed by atoms with Crippen molar-refractivity contribution in [2.75, 3.05) is 18.4 Å². The molecule has 2 N–H and O–H groups in total. The summed E-state index contributed by atoms with van der Waals surface area (Å²) in [6, 6.07) is 14.8. The van der Waals surface area contributed by atoms with Gasteiger partial charge in [0.05, 0.1) is 11.0 Å². The van der Waals surface area contributed by atoms with Crippen molar-refractivity contribution in [1.29, 1.82) is 0 Å². The van der Waals surface area contributed by atoms with Crippen LogP contribution in [-0.2, 0) is 6.42 Å². The lowest BCUT2D eigenvalue weighted by molar-refractivity contribution is 0.307. The lowest BCUT2D eigenvalue weighted by Crippen LogP contribution is -2.41. The molecule has 5 heteroatoms. The fourth-order valence-electron chi connectivity index (χ4n) is 3.87. The van der Waals surface area contributed by atoms with Crippen molar-refractivity contribution in [2.24, 2.45) is 0 Å². The maximum atomic E-state index is 5.73. The van der Waals surface area contributed by atoms with Gasteiger partial charge >= 0.3 is 0 Å². The van der Waals surface area contributed by atoms with Crippen LogP contribution in [0.3, 0.4) is 0 Å². The number of likely N-dealkylation sites (tertiary alicyclic amines) is 1. The van der Waals surface area contributed by atoms with Crippen molar-refractivity contribution in [3.05, 3.63) is 59.4 Å². The second-order valence-corrected chi connectivity index (χ2v) is 7.76. The van der Waals surface area contributed by atoms with Crippen LogP contribution in [0.5, 0.6) is 0 Å². The summed E-state index contributed by atoms with van der Waals surface area (Å²) < 4.78 is 0. The van der Waals surface area contributed by atoms with Gasteiger partial charge in [-0.2, -0.15) is 0 Å². The first-order chi connectivity index (χ1) is 13.1. The molecule has 0 amide bonds. The van der Waals surface area contributed by atoms with Gasteiger partial charge in [-0.05, 0) is 67.7 Å². The van der Waals surface area contributed by atoms with Crippen molar-refractivity contribution in [3.8, 4) is 0 Å². The zero-order valence-electron chi connectivity index (χ0n) is 16.0. The Hall–Kier alpha value is -2.40. The fraction of sp³-hybridized carbons (Fsp3) is 0.364. The van der Waals surface area contributed by atoms with E-state index in [1.807, 2.05) is 0 Å². The Morgan fingerprint density at radius 1 is 1.30 bits per heavy atom. The van der Waals surface area contributed by atoms with Crippen molar-refractivity contribution in [2.45, 2.75) is 39.0 Å². The van der Waals surface area contributed by atoms with Crippen LogP contribution in [0, 0.1) is 6.92 Å². The summed E-state index contributed by atoms with van der Waals surface area (Å²) in [7, 11) is 0. The number of hydrogen-bond acceptors (Lipinski definition) is 2. The SMILES string of the molecule is CCc1ccccc1NC(=S)N1CCC[C@H](c2nc3ccc(C)cc3[nH]2)C1. The predicted octanol–water partition coefficient (Wildman–Crippen LogP) is 5.01. The number of para-hydroxylation sites is 1. The molecule has 0 saturated carbocycles. The van der Waals surface area contributed by atoms with Gasteiger partial charge in [0.1, 0.15) is 5.82 Å². The number of imidazole rings is 1. The quantitative estimate of drug-likeness (QED) is 0.629. The summed E-state index contributed by atoms with van der Waals surface area (Å²) in [5, 5.41) is 4.28. The lowest BCUT2D eigenvalue weighted by atomic mass is 9.98. The Kier molecular flexibility index (Phi) is 5.12. The van der Waals surface area contributed by atoms with Gasteiger partial charge in [0.2, 0.25) is 0 Å². The van der Waals surface area contributed by atoms with Gasteiger partial charge in [-0.15, -0.1) is 0 Å². The Morgan fingerprint density at radius 3 is 3.00 bits per heavy atom. The molecule has 0 unspecified atom stereocenters. The van der Waals surface area contributed by atoms with E-state index < -0.39 is 0 Å². The van der Waals surface area contributed by atoms with E-state index in [1.54, 1.807) is 0 Å². The molecule has 0 aliphatic carbocycles. The predicted molar refractivity (Wildman–Crippen MR) is 116 cm³/mol. The Labute approximate surface area is 166 Å². The topological polar surface area (TPSA) is 44.0 Å². The van der Waals surface area contributed by atoms with Crippen LogP contribution in [0.4, 0.5) is 5.69 Å². The van der Waals surface area contributed by atoms with Gasteiger partial charge in [-0.1, -0.05) is 31.2 Å². The van der Waals surface area contributed by atoms with Gasteiger partial charge < -0.3 is 15.2 Å². The van der Waals surface area contributed by atoms with Gasteiger partial charge in [0, 0.05) is 24.7 Å². The first-order valence-electron chi connectivity index (χ1n) is 9.74. The number of hydrogen-bond donors (Lipinski definition) is 2. The van der Waals surface area contributed by atoms with Crippen molar-refractivity contribution < 1.29 is 0 Å². The van der Waals surface area contributed by atoms with Crippen LogP contribution < -0.4 is 5.32 Å². The summed E-state index contributed by atoms with van der Waals surface area (Å²) in [6.07, 6.45) is 3.26. The van der Waals surface area contributed by atoms with E-state index in [9.17, 15) is 0 Å². The largest absolute Gasteiger partial charge is 0.348 e. The molecular weight excluding hydrogens is 352 g/mol. The third-order valence-corrected chi connectivity index (χ3v) is 5.75. The van der Waals surface area contributed by atoms with Crippen molar-refractivity contribution in [1.82, 2.24) is 14.9 Å². The molecule has 0 bridgehead atoms. The number of anilines is 1. The normalized spacial score (nSPS) is 17.3. The monoisotopic (exact) mass is 378 g/mol. The number of piperidine rings is 1. The van der Waals surface area contributed by atoms with Gasteiger partial charge in [0.25, 0.3) is 0 Å². The second kappa shape index (κ2) is 7.69. The van der Waals surface area contributed by atoms with E-state index in [1.165, 1.54) is 11.1 Å². The highest BCUT2D eigenvalue weighted by Gasteiger charge is 2.25. The molecule has 1 saturated heterocycles. The molecule has 4 nitrogen and oxygen atoms in total. The van der Waals surface area contributed by atoms with Crippen LogP contribution in [0.2, 0.25) is 0 Å². The fourth-order valence-corrected chi connectivity index (χ4v) is 4.14. The molecule has 4 rings (SSSR count). The highest BCUT2D eigenvalue weighted by Crippen LogP contribution is 2.28. The molecule has 1 fully saturated rings. The number of nitrogens with one attached hydrogen (secondary N) is 2. The second-order valence-electron chi connectivity index (χ2n) is 7.37. The van der Waals surface area contributed by atoms with Crippen LogP contribution in [0.15, 0.2) is 42.5 Å². The van der Waals surface area contributed by atoms with Crippen molar-refractivity contribution >= 4 is 34.1 Å². The van der Waals surface area contributed by atoms with Crippen LogP contribution >= 0.6 is 12.2 Å². The molecular formula is C22H26N4S. The Bertz CT molecular complexity index is 962. The van der Waals surface area contributed by atoms with E-state index in [0.29, 0.717) is 5.92 Å². The zero-order chi connectivity index (χ0) is 18.8. The van der Waals surface area contributed by atoms with E-state index >= 15 is 0 Å². The molecule has 27 heavy (non-hydrogen) atoms.